The normalized spacial score (nSPS) is 10.2. The standard InChI is InChI=1S/C16H17BrN2O2/c1-10-7-12(4-5-13(10)17)16(20)19-9-11-3-6-15(21-2)14(18)8-11/h3-8H,9,18H2,1-2H3,(H,19,20). The van der Waals surface area contributed by atoms with E-state index in [2.05, 4.69) is 21.2 Å². The molecule has 0 unspecified atom stereocenters. The van der Waals surface area contributed by atoms with Crippen LogP contribution in [0.2, 0.25) is 0 Å². The number of amides is 1. The van der Waals surface area contributed by atoms with Gasteiger partial charge in [0.1, 0.15) is 5.75 Å². The lowest BCUT2D eigenvalue weighted by Crippen LogP contribution is -2.22. The molecule has 0 aliphatic carbocycles. The number of nitrogen functional groups attached to an aromatic ring is 1. The number of nitrogens with two attached hydrogens (primary N) is 1. The zero-order valence-electron chi connectivity index (χ0n) is 11.9. The molecule has 0 radical (unpaired) electrons. The van der Waals surface area contributed by atoms with Crippen molar-refractivity contribution in [2.24, 2.45) is 0 Å². The second-order valence-electron chi connectivity index (χ2n) is 4.72. The molecule has 0 aliphatic rings. The molecule has 0 aromatic heterocycles. The Bertz CT molecular complexity index is 671. The third kappa shape index (κ3) is 3.76. The highest BCUT2D eigenvalue weighted by molar-refractivity contribution is 9.10. The van der Waals surface area contributed by atoms with Gasteiger partial charge in [0.05, 0.1) is 12.8 Å². The fourth-order valence-corrected chi connectivity index (χ4v) is 2.21. The molecular weight excluding hydrogens is 332 g/mol. The van der Waals surface area contributed by atoms with E-state index in [1.807, 2.05) is 25.1 Å². The van der Waals surface area contributed by atoms with Gasteiger partial charge in [-0.25, -0.2) is 0 Å². The molecule has 0 saturated heterocycles. The molecular formula is C16H17BrN2O2. The summed E-state index contributed by atoms with van der Waals surface area (Å²) < 4.78 is 6.09. The summed E-state index contributed by atoms with van der Waals surface area (Å²) in [5, 5.41) is 2.88. The number of nitrogens with one attached hydrogen (secondary N) is 1. The zero-order valence-corrected chi connectivity index (χ0v) is 13.5. The van der Waals surface area contributed by atoms with E-state index in [1.54, 1.807) is 25.3 Å². The lowest BCUT2D eigenvalue weighted by atomic mass is 10.1. The molecule has 21 heavy (non-hydrogen) atoms. The van der Waals surface area contributed by atoms with E-state index in [0.717, 1.165) is 15.6 Å². The Morgan fingerprint density at radius 3 is 2.67 bits per heavy atom. The first-order valence-corrected chi connectivity index (χ1v) is 7.27. The predicted molar refractivity (Wildman–Crippen MR) is 87.5 cm³/mol. The monoisotopic (exact) mass is 348 g/mol. The number of anilines is 1. The molecule has 2 rings (SSSR count). The molecule has 0 spiro atoms. The van der Waals surface area contributed by atoms with Crippen LogP contribution < -0.4 is 15.8 Å². The molecule has 0 aliphatic heterocycles. The van der Waals surface area contributed by atoms with E-state index < -0.39 is 0 Å². The van der Waals surface area contributed by atoms with E-state index in [9.17, 15) is 4.79 Å². The van der Waals surface area contributed by atoms with Gasteiger partial charge in [0.2, 0.25) is 0 Å². The van der Waals surface area contributed by atoms with Crippen molar-refractivity contribution in [3.63, 3.8) is 0 Å². The predicted octanol–water partition coefficient (Wildman–Crippen LogP) is 3.28. The van der Waals surface area contributed by atoms with Gasteiger partial charge in [0.25, 0.3) is 5.91 Å². The lowest BCUT2D eigenvalue weighted by molar-refractivity contribution is 0.0951. The quantitative estimate of drug-likeness (QED) is 0.833. The number of rotatable bonds is 4. The van der Waals surface area contributed by atoms with Crippen molar-refractivity contribution >= 4 is 27.5 Å². The Balaban J connectivity index is 2.03. The minimum atomic E-state index is -0.111. The number of aryl methyl sites for hydroxylation is 1. The summed E-state index contributed by atoms with van der Waals surface area (Å²) in [4.78, 5) is 12.1. The van der Waals surface area contributed by atoms with Crippen LogP contribution in [0.25, 0.3) is 0 Å². The molecule has 0 bridgehead atoms. The first-order valence-electron chi connectivity index (χ1n) is 6.48. The minimum Gasteiger partial charge on any atom is -0.495 e. The smallest absolute Gasteiger partial charge is 0.251 e. The van der Waals surface area contributed by atoms with Gasteiger partial charge in [-0.3, -0.25) is 4.79 Å². The summed E-state index contributed by atoms with van der Waals surface area (Å²) in [5.41, 5.74) is 8.99. The van der Waals surface area contributed by atoms with E-state index in [4.69, 9.17) is 10.5 Å². The van der Waals surface area contributed by atoms with Crippen LogP contribution in [-0.2, 0) is 6.54 Å². The number of carbonyl (C=O) groups is 1. The van der Waals surface area contributed by atoms with Gasteiger partial charge in [-0.2, -0.15) is 0 Å². The third-order valence-electron chi connectivity index (χ3n) is 3.17. The summed E-state index contributed by atoms with van der Waals surface area (Å²) >= 11 is 3.42. The van der Waals surface area contributed by atoms with Crippen molar-refractivity contribution in [2.75, 3.05) is 12.8 Å². The first kappa shape index (κ1) is 15.4. The first-order chi connectivity index (χ1) is 10.0. The van der Waals surface area contributed by atoms with Gasteiger partial charge in [0.15, 0.2) is 0 Å². The average molecular weight is 349 g/mol. The molecule has 2 aromatic carbocycles. The highest BCUT2D eigenvalue weighted by Gasteiger charge is 2.07. The van der Waals surface area contributed by atoms with Gasteiger partial charge >= 0.3 is 0 Å². The van der Waals surface area contributed by atoms with Crippen LogP contribution in [0.5, 0.6) is 5.75 Å². The van der Waals surface area contributed by atoms with Gasteiger partial charge in [-0.1, -0.05) is 22.0 Å². The number of hydrogen-bond donors (Lipinski definition) is 2. The van der Waals surface area contributed by atoms with Crippen LogP contribution in [-0.4, -0.2) is 13.0 Å². The van der Waals surface area contributed by atoms with Crippen LogP contribution in [0.1, 0.15) is 21.5 Å². The fourth-order valence-electron chi connectivity index (χ4n) is 1.96. The van der Waals surface area contributed by atoms with E-state index in [0.29, 0.717) is 23.5 Å². The zero-order chi connectivity index (χ0) is 15.4. The Kier molecular flexibility index (Phi) is 4.85. The molecule has 0 heterocycles. The van der Waals surface area contributed by atoms with Gasteiger partial charge in [-0.15, -0.1) is 0 Å². The highest BCUT2D eigenvalue weighted by Crippen LogP contribution is 2.22. The molecule has 0 fully saturated rings. The number of benzene rings is 2. The summed E-state index contributed by atoms with van der Waals surface area (Å²) in [6.07, 6.45) is 0. The number of methoxy groups -OCH3 is 1. The van der Waals surface area contributed by atoms with Crippen molar-refractivity contribution in [1.82, 2.24) is 5.32 Å². The van der Waals surface area contributed by atoms with Crippen LogP contribution in [0.3, 0.4) is 0 Å². The summed E-state index contributed by atoms with van der Waals surface area (Å²) in [5.74, 6) is 0.522. The number of hydrogen-bond acceptors (Lipinski definition) is 3. The van der Waals surface area contributed by atoms with Crippen LogP contribution in [0, 0.1) is 6.92 Å². The van der Waals surface area contributed by atoms with Gasteiger partial charge in [0, 0.05) is 16.6 Å². The Hall–Kier alpha value is -2.01. The van der Waals surface area contributed by atoms with Crippen molar-refractivity contribution < 1.29 is 9.53 Å². The molecule has 0 atom stereocenters. The summed E-state index contributed by atoms with van der Waals surface area (Å²) in [6.45, 7) is 2.37. The SMILES string of the molecule is COc1ccc(CNC(=O)c2ccc(Br)c(C)c2)cc1N. The Labute approximate surface area is 132 Å². The van der Waals surface area contributed by atoms with Crippen LogP contribution in [0.15, 0.2) is 40.9 Å². The summed E-state index contributed by atoms with van der Waals surface area (Å²) in [6, 6.07) is 11.0. The van der Waals surface area contributed by atoms with Crippen molar-refractivity contribution in [3.05, 3.63) is 57.6 Å². The second-order valence-corrected chi connectivity index (χ2v) is 5.58. The minimum absolute atomic E-state index is 0.111. The molecule has 1 amide bonds. The van der Waals surface area contributed by atoms with Gasteiger partial charge < -0.3 is 15.8 Å². The second kappa shape index (κ2) is 6.63. The highest BCUT2D eigenvalue weighted by atomic mass is 79.9. The Morgan fingerprint density at radius 2 is 2.05 bits per heavy atom. The molecule has 3 N–H and O–H groups in total. The largest absolute Gasteiger partial charge is 0.495 e. The number of carbonyl (C=O) groups excluding carboxylic acids is 1. The average Bonchev–Trinajstić information content (AvgIpc) is 2.47. The maximum absolute atomic E-state index is 12.1. The molecule has 5 heteroatoms. The van der Waals surface area contributed by atoms with Crippen molar-refractivity contribution in [3.8, 4) is 5.75 Å². The topological polar surface area (TPSA) is 64.3 Å². The van der Waals surface area contributed by atoms with Crippen molar-refractivity contribution in [2.45, 2.75) is 13.5 Å². The Morgan fingerprint density at radius 1 is 1.29 bits per heavy atom. The third-order valence-corrected chi connectivity index (χ3v) is 4.06. The lowest BCUT2D eigenvalue weighted by Gasteiger charge is -2.09. The van der Waals surface area contributed by atoms with Crippen LogP contribution >= 0.6 is 15.9 Å². The summed E-state index contributed by atoms with van der Waals surface area (Å²) in [7, 11) is 1.57. The maximum Gasteiger partial charge on any atom is 0.251 e. The van der Waals surface area contributed by atoms with E-state index >= 15 is 0 Å². The number of ether oxygens (including phenoxy) is 1. The maximum atomic E-state index is 12.1. The van der Waals surface area contributed by atoms with E-state index in [-0.39, 0.29) is 5.91 Å². The number of halogens is 1. The molecule has 2 aromatic rings. The van der Waals surface area contributed by atoms with Crippen LogP contribution in [0.4, 0.5) is 5.69 Å². The molecule has 110 valence electrons. The van der Waals surface area contributed by atoms with E-state index in [1.165, 1.54) is 0 Å². The van der Waals surface area contributed by atoms with Crippen molar-refractivity contribution in [1.29, 1.82) is 0 Å². The molecule has 0 saturated carbocycles. The fraction of sp³-hybridized carbons (Fsp3) is 0.188. The molecule has 4 nitrogen and oxygen atoms in total. The van der Waals surface area contributed by atoms with Gasteiger partial charge in [-0.05, 0) is 48.4 Å².